The molecule has 4 rings (SSSR count). The number of unbranched alkanes of at least 4 members (excludes halogenated alkanes) is 2. The highest BCUT2D eigenvalue weighted by Crippen LogP contribution is 2.33. The molecule has 29 heavy (non-hydrogen) atoms. The van der Waals surface area contributed by atoms with Gasteiger partial charge < -0.3 is 5.11 Å². The van der Waals surface area contributed by atoms with E-state index < -0.39 is 0 Å². The van der Waals surface area contributed by atoms with Gasteiger partial charge in [-0.15, -0.1) is 0 Å². The molecule has 0 aliphatic carbocycles. The van der Waals surface area contributed by atoms with E-state index in [1.807, 2.05) is 61.6 Å². The smallest absolute Gasteiger partial charge is 0.133 e. The van der Waals surface area contributed by atoms with Gasteiger partial charge in [0.25, 0.3) is 0 Å². The molecule has 0 spiro atoms. The van der Waals surface area contributed by atoms with Crippen molar-refractivity contribution in [2.24, 2.45) is 7.05 Å². The second kappa shape index (κ2) is 8.58. The summed E-state index contributed by atoms with van der Waals surface area (Å²) in [6.45, 7) is 0.233. The molecule has 0 unspecified atom stereocenters. The summed E-state index contributed by atoms with van der Waals surface area (Å²) in [5.41, 5.74) is 5.33. The van der Waals surface area contributed by atoms with Gasteiger partial charge in [-0.2, -0.15) is 5.10 Å². The predicted octanol–water partition coefficient (Wildman–Crippen LogP) is 5.75. The fraction of sp³-hybridized carbons (Fsp3) is 0.240. The molecule has 148 valence electrons. The first-order valence-electron chi connectivity index (χ1n) is 10.1. The minimum atomic E-state index is -0.263. The van der Waals surface area contributed by atoms with Crippen molar-refractivity contribution in [3.8, 4) is 22.4 Å². The number of nitrogens with zero attached hydrogens (tertiary/aromatic N) is 2. The maximum Gasteiger partial charge on any atom is 0.133 e. The molecule has 3 aromatic carbocycles. The van der Waals surface area contributed by atoms with E-state index in [0.29, 0.717) is 11.3 Å². The third-order valence-electron chi connectivity index (χ3n) is 5.41. The van der Waals surface area contributed by atoms with Crippen molar-refractivity contribution in [2.45, 2.75) is 25.7 Å². The van der Waals surface area contributed by atoms with Crippen LogP contribution in [0.15, 0.2) is 66.7 Å². The maximum absolute atomic E-state index is 15.2. The summed E-state index contributed by atoms with van der Waals surface area (Å²) in [5.74, 6) is -0.263. The van der Waals surface area contributed by atoms with Gasteiger partial charge in [0, 0.05) is 24.6 Å². The van der Waals surface area contributed by atoms with E-state index in [-0.39, 0.29) is 12.4 Å². The van der Waals surface area contributed by atoms with Crippen LogP contribution in [0.2, 0.25) is 0 Å². The summed E-state index contributed by atoms with van der Waals surface area (Å²) in [7, 11) is 1.88. The molecule has 1 N–H and O–H groups in total. The monoisotopic (exact) mass is 388 g/mol. The van der Waals surface area contributed by atoms with Crippen molar-refractivity contribution in [1.29, 1.82) is 0 Å². The number of aliphatic hydroxyl groups is 1. The third kappa shape index (κ3) is 3.94. The zero-order valence-electron chi connectivity index (χ0n) is 16.6. The normalized spacial score (nSPS) is 11.3. The molecule has 0 saturated carbocycles. The van der Waals surface area contributed by atoms with Crippen LogP contribution in [0.3, 0.4) is 0 Å². The van der Waals surface area contributed by atoms with E-state index in [4.69, 9.17) is 5.11 Å². The molecule has 0 aliphatic rings. The van der Waals surface area contributed by atoms with Gasteiger partial charge >= 0.3 is 0 Å². The third-order valence-corrected chi connectivity index (χ3v) is 5.41. The number of hydrogen-bond donors (Lipinski definition) is 1. The molecular weight excluding hydrogens is 363 g/mol. The van der Waals surface area contributed by atoms with Gasteiger partial charge in [-0.3, -0.25) is 4.68 Å². The van der Waals surface area contributed by atoms with Gasteiger partial charge in [0.15, 0.2) is 0 Å². The number of hydrogen-bond acceptors (Lipinski definition) is 2. The molecule has 0 aliphatic heterocycles. The lowest BCUT2D eigenvalue weighted by Gasteiger charge is -2.11. The van der Waals surface area contributed by atoms with E-state index in [1.54, 1.807) is 10.7 Å². The van der Waals surface area contributed by atoms with E-state index in [9.17, 15) is 0 Å². The van der Waals surface area contributed by atoms with E-state index >= 15 is 4.39 Å². The molecular formula is C25H25FN2O. The lowest BCUT2D eigenvalue weighted by molar-refractivity contribution is 0.283. The van der Waals surface area contributed by atoms with Crippen molar-refractivity contribution in [1.82, 2.24) is 9.78 Å². The quantitative estimate of drug-likeness (QED) is 0.409. The molecule has 0 saturated heterocycles. The number of para-hydroxylation sites is 1. The average molecular weight is 388 g/mol. The minimum absolute atomic E-state index is 0.233. The number of benzene rings is 3. The highest BCUT2D eigenvalue weighted by Gasteiger charge is 2.15. The van der Waals surface area contributed by atoms with Crippen molar-refractivity contribution in [3.63, 3.8) is 0 Å². The van der Waals surface area contributed by atoms with Crippen LogP contribution in [0.4, 0.5) is 4.39 Å². The van der Waals surface area contributed by atoms with Crippen LogP contribution in [-0.2, 0) is 13.5 Å². The molecule has 3 nitrogen and oxygen atoms in total. The molecule has 0 fully saturated rings. The van der Waals surface area contributed by atoms with Crippen molar-refractivity contribution >= 4 is 10.9 Å². The summed E-state index contributed by atoms with van der Waals surface area (Å²) in [6, 6.07) is 21.5. The first-order valence-corrected chi connectivity index (χ1v) is 10.1. The number of aromatic nitrogens is 2. The van der Waals surface area contributed by atoms with Gasteiger partial charge in [0.1, 0.15) is 11.5 Å². The van der Waals surface area contributed by atoms with Gasteiger partial charge in [-0.25, -0.2) is 4.39 Å². The predicted molar refractivity (Wildman–Crippen MR) is 116 cm³/mol. The summed E-state index contributed by atoms with van der Waals surface area (Å²) in [4.78, 5) is 0. The second-order valence-corrected chi connectivity index (χ2v) is 7.38. The summed E-state index contributed by atoms with van der Waals surface area (Å²) in [6.07, 6.45) is 3.75. The zero-order valence-corrected chi connectivity index (χ0v) is 16.6. The molecule has 0 atom stereocenters. The Morgan fingerprint density at radius 2 is 1.69 bits per heavy atom. The number of fused-ring (bicyclic) bond motifs is 1. The SMILES string of the molecule is Cn1nc(-c2ccc(-c3ccccc3CCCCCO)cc2F)c2ccccc21. The lowest BCUT2D eigenvalue weighted by Crippen LogP contribution is -1.94. The van der Waals surface area contributed by atoms with Gasteiger partial charge in [0.05, 0.1) is 5.52 Å². The van der Waals surface area contributed by atoms with Crippen LogP contribution in [0.25, 0.3) is 33.3 Å². The molecule has 0 radical (unpaired) electrons. The fourth-order valence-electron chi connectivity index (χ4n) is 3.91. The zero-order chi connectivity index (χ0) is 20.2. The average Bonchev–Trinajstić information content (AvgIpc) is 3.08. The first-order chi connectivity index (χ1) is 14.2. The number of aliphatic hydroxyl groups excluding tert-OH is 1. The molecule has 1 aromatic heterocycles. The Kier molecular flexibility index (Phi) is 5.72. The first kappa shape index (κ1) is 19.3. The standard InChI is InChI=1S/C25H25FN2O/c1-28-24-13-7-6-12-22(24)25(27-28)21-15-14-19(17-23(21)26)20-11-5-4-10-18(20)9-3-2-8-16-29/h4-7,10-15,17,29H,2-3,8-9,16H2,1H3. The van der Waals surface area contributed by atoms with Crippen molar-refractivity contribution in [2.75, 3.05) is 6.61 Å². The van der Waals surface area contributed by atoms with E-state index in [2.05, 4.69) is 11.2 Å². The molecule has 4 aromatic rings. The van der Waals surface area contributed by atoms with Crippen LogP contribution >= 0.6 is 0 Å². The Morgan fingerprint density at radius 1 is 0.897 bits per heavy atom. The van der Waals surface area contributed by atoms with Gasteiger partial charge in [0.2, 0.25) is 0 Å². The van der Waals surface area contributed by atoms with Crippen LogP contribution in [0, 0.1) is 5.82 Å². The Bertz CT molecular complexity index is 1130. The van der Waals surface area contributed by atoms with Crippen molar-refractivity contribution in [3.05, 3.63) is 78.1 Å². The van der Waals surface area contributed by atoms with Crippen molar-refractivity contribution < 1.29 is 9.50 Å². The number of aryl methyl sites for hydroxylation is 2. The van der Waals surface area contributed by atoms with Crippen LogP contribution in [-0.4, -0.2) is 21.5 Å². The summed E-state index contributed by atoms with van der Waals surface area (Å²) in [5, 5.41) is 14.5. The van der Waals surface area contributed by atoms with Crippen LogP contribution in [0.1, 0.15) is 24.8 Å². The Balaban J connectivity index is 1.68. The second-order valence-electron chi connectivity index (χ2n) is 7.38. The minimum Gasteiger partial charge on any atom is -0.396 e. The fourth-order valence-corrected chi connectivity index (χ4v) is 3.91. The van der Waals surface area contributed by atoms with Gasteiger partial charge in [-0.1, -0.05) is 55.0 Å². The van der Waals surface area contributed by atoms with Gasteiger partial charge in [-0.05, 0) is 54.2 Å². The number of rotatable bonds is 7. The highest BCUT2D eigenvalue weighted by atomic mass is 19.1. The van der Waals surface area contributed by atoms with Crippen LogP contribution in [0.5, 0.6) is 0 Å². The Hall–Kier alpha value is -2.98. The summed E-state index contributed by atoms with van der Waals surface area (Å²) < 4.78 is 17.0. The Labute approximate surface area is 170 Å². The molecule has 1 heterocycles. The van der Waals surface area contributed by atoms with E-state index in [0.717, 1.165) is 47.7 Å². The largest absolute Gasteiger partial charge is 0.396 e. The number of halogens is 1. The molecule has 0 bridgehead atoms. The summed E-state index contributed by atoms with van der Waals surface area (Å²) >= 11 is 0. The lowest BCUT2D eigenvalue weighted by atomic mass is 9.94. The maximum atomic E-state index is 15.2. The highest BCUT2D eigenvalue weighted by molar-refractivity contribution is 5.93. The Morgan fingerprint density at radius 3 is 2.52 bits per heavy atom. The topological polar surface area (TPSA) is 38.0 Å². The van der Waals surface area contributed by atoms with E-state index in [1.165, 1.54) is 5.56 Å². The van der Waals surface area contributed by atoms with Crippen LogP contribution < -0.4 is 0 Å². The molecule has 0 amide bonds. The molecule has 4 heteroatoms.